The van der Waals surface area contributed by atoms with Gasteiger partial charge in [-0.05, 0) is 18.6 Å². The van der Waals surface area contributed by atoms with Crippen LogP contribution in [0, 0.1) is 18.6 Å². The molecule has 0 aliphatic heterocycles. The molecule has 0 unspecified atom stereocenters. The Morgan fingerprint density at radius 1 is 1.36 bits per heavy atom. The van der Waals surface area contributed by atoms with Crippen LogP contribution >= 0.6 is 0 Å². The minimum absolute atomic E-state index is 0.0371. The third-order valence-corrected chi connectivity index (χ3v) is 1.63. The van der Waals surface area contributed by atoms with Crippen molar-refractivity contribution in [3.63, 3.8) is 0 Å². The summed E-state index contributed by atoms with van der Waals surface area (Å²) in [5, 5.41) is 0. The quantitative estimate of drug-likeness (QED) is 0.660. The normalized spacial score (nSPS) is 10.2. The van der Waals surface area contributed by atoms with E-state index in [4.69, 9.17) is 5.73 Å². The number of nitrogens with two attached hydrogens (primary N) is 1. The van der Waals surface area contributed by atoms with E-state index in [9.17, 15) is 8.78 Å². The second kappa shape index (κ2) is 2.96. The fraction of sp³-hybridized carbons (Fsp3) is 0.250. The molecule has 0 amide bonds. The van der Waals surface area contributed by atoms with E-state index in [1.54, 1.807) is 6.92 Å². The van der Waals surface area contributed by atoms with E-state index < -0.39 is 11.6 Å². The van der Waals surface area contributed by atoms with Crippen LogP contribution in [0.25, 0.3) is 0 Å². The molecular formula is C8H9F2N. The molecule has 0 fully saturated rings. The van der Waals surface area contributed by atoms with Crippen LogP contribution in [0.3, 0.4) is 0 Å². The summed E-state index contributed by atoms with van der Waals surface area (Å²) in [4.78, 5) is 0. The summed E-state index contributed by atoms with van der Waals surface area (Å²) < 4.78 is 25.3. The van der Waals surface area contributed by atoms with Crippen molar-refractivity contribution in [3.05, 3.63) is 34.9 Å². The number of aryl methyl sites for hydroxylation is 1. The van der Waals surface area contributed by atoms with Gasteiger partial charge in [0.25, 0.3) is 0 Å². The van der Waals surface area contributed by atoms with E-state index in [0.717, 1.165) is 6.07 Å². The number of halogens is 2. The van der Waals surface area contributed by atoms with E-state index in [0.29, 0.717) is 5.56 Å². The molecule has 11 heavy (non-hydrogen) atoms. The highest BCUT2D eigenvalue weighted by molar-refractivity contribution is 5.27. The maximum Gasteiger partial charge on any atom is 0.163 e. The molecule has 60 valence electrons. The Morgan fingerprint density at radius 3 is 2.45 bits per heavy atom. The third kappa shape index (κ3) is 1.38. The predicted octanol–water partition coefficient (Wildman–Crippen LogP) is 1.73. The van der Waals surface area contributed by atoms with E-state index in [1.165, 1.54) is 6.07 Å². The Bertz CT molecular complexity index is 271. The highest BCUT2D eigenvalue weighted by atomic mass is 19.2. The van der Waals surface area contributed by atoms with Crippen LogP contribution in [0.1, 0.15) is 11.1 Å². The van der Waals surface area contributed by atoms with Gasteiger partial charge in [0.2, 0.25) is 0 Å². The zero-order valence-corrected chi connectivity index (χ0v) is 6.20. The molecule has 0 heterocycles. The van der Waals surface area contributed by atoms with Crippen LogP contribution in [0.15, 0.2) is 12.1 Å². The number of rotatable bonds is 1. The van der Waals surface area contributed by atoms with Crippen LogP contribution in [0.2, 0.25) is 0 Å². The highest BCUT2D eigenvalue weighted by Crippen LogP contribution is 2.14. The largest absolute Gasteiger partial charge is 0.326 e. The molecule has 0 aromatic heterocycles. The van der Waals surface area contributed by atoms with E-state index in [-0.39, 0.29) is 12.1 Å². The van der Waals surface area contributed by atoms with Gasteiger partial charge in [-0.15, -0.1) is 0 Å². The van der Waals surface area contributed by atoms with Crippen molar-refractivity contribution in [3.8, 4) is 0 Å². The lowest BCUT2D eigenvalue weighted by Gasteiger charge is -2.03. The van der Waals surface area contributed by atoms with Crippen molar-refractivity contribution in [2.24, 2.45) is 5.73 Å². The van der Waals surface area contributed by atoms with Crippen LogP contribution in [0.5, 0.6) is 0 Å². The topological polar surface area (TPSA) is 26.0 Å². The average molecular weight is 157 g/mol. The molecule has 1 nitrogen and oxygen atoms in total. The summed E-state index contributed by atoms with van der Waals surface area (Å²) in [6, 6.07) is 2.62. The Hall–Kier alpha value is -0.960. The number of hydrogen-bond donors (Lipinski definition) is 1. The molecular weight excluding hydrogens is 148 g/mol. The second-order valence-electron chi connectivity index (χ2n) is 2.36. The summed E-state index contributed by atoms with van der Waals surface area (Å²) in [7, 11) is 0. The molecule has 0 saturated carbocycles. The van der Waals surface area contributed by atoms with Gasteiger partial charge in [-0.25, -0.2) is 8.78 Å². The molecule has 1 aromatic carbocycles. The van der Waals surface area contributed by atoms with Crippen LogP contribution < -0.4 is 5.73 Å². The molecule has 1 rings (SSSR count). The predicted molar refractivity (Wildman–Crippen MR) is 39.0 cm³/mol. The first-order chi connectivity index (χ1) is 5.16. The van der Waals surface area contributed by atoms with Gasteiger partial charge in [0.15, 0.2) is 11.6 Å². The first kappa shape index (κ1) is 8.14. The van der Waals surface area contributed by atoms with E-state index in [1.807, 2.05) is 0 Å². The fourth-order valence-electron chi connectivity index (χ4n) is 0.940. The number of benzene rings is 1. The zero-order valence-electron chi connectivity index (χ0n) is 6.20. The van der Waals surface area contributed by atoms with Crippen LogP contribution in [-0.2, 0) is 6.54 Å². The average Bonchev–Trinajstić information content (AvgIpc) is 1.99. The maximum absolute atomic E-state index is 12.8. The lowest BCUT2D eigenvalue weighted by atomic mass is 10.1. The summed E-state index contributed by atoms with van der Waals surface area (Å²) in [6.07, 6.45) is 0. The number of hydrogen-bond acceptors (Lipinski definition) is 1. The minimum atomic E-state index is -0.837. The lowest BCUT2D eigenvalue weighted by Crippen LogP contribution is -2.04. The Kier molecular flexibility index (Phi) is 2.19. The van der Waals surface area contributed by atoms with Crippen molar-refractivity contribution in [2.45, 2.75) is 13.5 Å². The van der Waals surface area contributed by atoms with Gasteiger partial charge in [-0.3, -0.25) is 0 Å². The van der Waals surface area contributed by atoms with Gasteiger partial charge in [0.05, 0.1) is 0 Å². The van der Waals surface area contributed by atoms with Gasteiger partial charge < -0.3 is 5.73 Å². The molecule has 1 aromatic rings. The lowest BCUT2D eigenvalue weighted by molar-refractivity contribution is 0.498. The Balaban J connectivity index is 3.29. The Labute approximate surface area is 63.8 Å². The summed E-state index contributed by atoms with van der Waals surface area (Å²) >= 11 is 0. The van der Waals surface area contributed by atoms with Crippen molar-refractivity contribution in [2.75, 3.05) is 0 Å². The Morgan fingerprint density at radius 2 is 2.00 bits per heavy atom. The molecule has 2 N–H and O–H groups in total. The maximum atomic E-state index is 12.8. The van der Waals surface area contributed by atoms with E-state index in [2.05, 4.69) is 0 Å². The van der Waals surface area contributed by atoms with Crippen molar-refractivity contribution >= 4 is 0 Å². The van der Waals surface area contributed by atoms with Crippen molar-refractivity contribution in [1.82, 2.24) is 0 Å². The van der Waals surface area contributed by atoms with Gasteiger partial charge >= 0.3 is 0 Å². The summed E-state index contributed by atoms with van der Waals surface area (Å²) in [5.74, 6) is -1.66. The van der Waals surface area contributed by atoms with Gasteiger partial charge in [-0.2, -0.15) is 0 Å². The molecule has 0 spiro atoms. The monoisotopic (exact) mass is 157 g/mol. The molecule has 0 saturated heterocycles. The molecule has 0 bridgehead atoms. The zero-order chi connectivity index (χ0) is 8.43. The van der Waals surface area contributed by atoms with Crippen LogP contribution in [0.4, 0.5) is 8.78 Å². The standard InChI is InChI=1S/C8H9F2N/c1-5-2-3-7(9)8(10)6(5)4-11/h2-3H,4,11H2,1H3. The molecule has 0 aliphatic rings. The van der Waals surface area contributed by atoms with Crippen molar-refractivity contribution in [1.29, 1.82) is 0 Å². The SMILES string of the molecule is Cc1ccc(F)c(F)c1CN. The second-order valence-corrected chi connectivity index (χ2v) is 2.36. The van der Waals surface area contributed by atoms with Gasteiger partial charge in [-0.1, -0.05) is 6.07 Å². The molecule has 0 radical (unpaired) electrons. The molecule has 3 heteroatoms. The van der Waals surface area contributed by atoms with Gasteiger partial charge in [0, 0.05) is 12.1 Å². The van der Waals surface area contributed by atoms with Gasteiger partial charge in [0.1, 0.15) is 0 Å². The van der Waals surface area contributed by atoms with Crippen LogP contribution in [-0.4, -0.2) is 0 Å². The fourth-order valence-corrected chi connectivity index (χ4v) is 0.940. The first-order valence-electron chi connectivity index (χ1n) is 3.30. The van der Waals surface area contributed by atoms with Crippen molar-refractivity contribution < 1.29 is 8.78 Å². The smallest absolute Gasteiger partial charge is 0.163 e. The minimum Gasteiger partial charge on any atom is -0.326 e. The highest BCUT2D eigenvalue weighted by Gasteiger charge is 2.08. The molecule has 0 aliphatic carbocycles. The molecule has 0 atom stereocenters. The third-order valence-electron chi connectivity index (χ3n) is 1.63. The summed E-state index contributed by atoms with van der Waals surface area (Å²) in [6.45, 7) is 1.74. The summed E-state index contributed by atoms with van der Waals surface area (Å²) in [5.41, 5.74) is 6.15. The first-order valence-corrected chi connectivity index (χ1v) is 3.30. The van der Waals surface area contributed by atoms with E-state index >= 15 is 0 Å².